The zero-order chi connectivity index (χ0) is 25.1. The van der Waals surface area contributed by atoms with Crippen molar-refractivity contribution >= 4 is 27.3 Å². The largest absolute Gasteiger partial charge is 0.493 e. The number of nitrogens with zero attached hydrogens (tertiary/aromatic N) is 1. The van der Waals surface area contributed by atoms with Gasteiger partial charge in [0, 0.05) is 25.1 Å². The van der Waals surface area contributed by atoms with E-state index in [0.717, 1.165) is 29.7 Å². The van der Waals surface area contributed by atoms with Gasteiger partial charge < -0.3 is 23.7 Å². The van der Waals surface area contributed by atoms with E-state index >= 15 is 0 Å². The predicted molar refractivity (Wildman–Crippen MR) is 130 cm³/mol. The molecule has 0 radical (unpaired) electrons. The highest BCUT2D eigenvalue weighted by Gasteiger charge is 2.35. The van der Waals surface area contributed by atoms with Crippen molar-refractivity contribution in [2.75, 3.05) is 47.2 Å². The maximum atomic E-state index is 13.7. The Morgan fingerprint density at radius 2 is 2.03 bits per heavy atom. The Hall–Kier alpha value is -2.18. The fourth-order valence-corrected chi connectivity index (χ4v) is 6.83. The van der Waals surface area contributed by atoms with E-state index in [0.29, 0.717) is 37.9 Å². The molecule has 0 N–H and O–H groups in total. The Morgan fingerprint density at radius 3 is 2.66 bits per heavy atom. The van der Waals surface area contributed by atoms with E-state index in [1.54, 1.807) is 24.6 Å². The summed E-state index contributed by atoms with van der Waals surface area (Å²) >= 11 is 1.04. The first-order valence-electron chi connectivity index (χ1n) is 11.4. The van der Waals surface area contributed by atoms with Gasteiger partial charge in [0.1, 0.15) is 9.77 Å². The Kier molecular flexibility index (Phi) is 8.02. The molecule has 0 aliphatic carbocycles. The van der Waals surface area contributed by atoms with Crippen molar-refractivity contribution in [1.29, 1.82) is 0 Å². The van der Waals surface area contributed by atoms with Crippen molar-refractivity contribution in [2.24, 2.45) is 5.41 Å². The summed E-state index contributed by atoms with van der Waals surface area (Å²) in [7, 11) is -1.22. The molecule has 2 aliphatic heterocycles. The number of hydrogen-bond donors (Lipinski definition) is 0. The highest BCUT2D eigenvalue weighted by Crippen LogP contribution is 2.34. The average Bonchev–Trinajstić information content (AvgIpc) is 3.53. The number of rotatable bonds is 11. The van der Waals surface area contributed by atoms with Crippen LogP contribution in [0.25, 0.3) is 0 Å². The second kappa shape index (κ2) is 10.8. The van der Waals surface area contributed by atoms with E-state index in [1.807, 2.05) is 6.07 Å². The second-order valence-corrected chi connectivity index (χ2v) is 11.9. The third-order valence-corrected chi connectivity index (χ3v) is 8.99. The molecule has 0 bridgehead atoms. The standard InChI is InChI=1S/C24H31NO8S2/c1-24(14-31-15-24)16-33-20-11-17(6-7-19(20)29-2)12-25(13-18-5-4-9-32-18)35(27,28)21-8-10-34-22(21)23(26)30-3/h6-8,10-11,18H,4-5,9,12-16H2,1-3H3. The SMILES string of the molecule is COC(=O)c1sccc1S(=O)(=O)N(Cc1ccc(OC)c(OCC2(C)COC2)c1)CC1CCCO1. The molecule has 35 heavy (non-hydrogen) atoms. The van der Waals surface area contributed by atoms with Gasteiger partial charge in [-0.2, -0.15) is 4.31 Å². The molecule has 0 saturated carbocycles. The Balaban J connectivity index is 1.61. The Morgan fingerprint density at radius 1 is 1.23 bits per heavy atom. The van der Waals surface area contributed by atoms with Crippen LogP contribution in [0.4, 0.5) is 0 Å². The molecule has 11 heteroatoms. The number of benzene rings is 1. The van der Waals surface area contributed by atoms with Crippen LogP contribution in [0.1, 0.15) is 35.0 Å². The summed E-state index contributed by atoms with van der Waals surface area (Å²) in [4.78, 5) is 12.2. The summed E-state index contributed by atoms with van der Waals surface area (Å²) in [5, 5.41) is 1.58. The Labute approximate surface area is 209 Å². The fourth-order valence-electron chi connectivity index (χ4n) is 4.07. The van der Waals surface area contributed by atoms with Crippen molar-refractivity contribution in [3.8, 4) is 11.5 Å². The lowest BCUT2D eigenvalue weighted by molar-refractivity contribution is -0.120. The van der Waals surface area contributed by atoms with Gasteiger partial charge >= 0.3 is 5.97 Å². The predicted octanol–water partition coefficient (Wildman–Crippen LogP) is 3.33. The number of thiophene rings is 1. The number of carbonyl (C=O) groups excluding carboxylic acids is 1. The molecule has 1 atom stereocenters. The van der Waals surface area contributed by atoms with Crippen molar-refractivity contribution in [1.82, 2.24) is 4.31 Å². The molecule has 2 aromatic rings. The average molecular weight is 526 g/mol. The maximum Gasteiger partial charge on any atom is 0.349 e. The minimum absolute atomic E-state index is 0.0551. The highest BCUT2D eigenvalue weighted by atomic mass is 32.2. The lowest BCUT2D eigenvalue weighted by Gasteiger charge is -2.37. The molecule has 1 aromatic heterocycles. The van der Waals surface area contributed by atoms with E-state index < -0.39 is 16.0 Å². The maximum absolute atomic E-state index is 13.7. The molecule has 9 nitrogen and oxygen atoms in total. The zero-order valence-corrected chi connectivity index (χ0v) is 21.8. The summed E-state index contributed by atoms with van der Waals surface area (Å²) in [5.41, 5.74) is 0.673. The van der Waals surface area contributed by atoms with Gasteiger partial charge in [0.25, 0.3) is 0 Å². The van der Waals surface area contributed by atoms with Crippen LogP contribution in [0, 0.1) is 5.41 Å². The van der Waals surface area contributed by atoms with Crippen molar-refractivity contribution in [3.63, 3.8) is 0 Å². The first kappa shape index (κ1) is 25.9. The number of hydrogen-bond acceptors (Lipinski definition) is 9. The van der Waals surface area contributed by atoms with E-state index in [2.05, 4.69) is 6.92 Å². The second-order valence-electron chi connectivity index (χ2n) is 9.12. The molecule has 3 heterocycles. The molecule has 1 aromatic carbocycles. The van der Waals surface area contributed by atoms with Gasteiger partial charge in [0.2, 0.25) is 10.0 Å². The van der Waals surface area contributed by atoms with Crippen LogP contribution < -0.4 is 9.47 Å². The van der Waals surface area contributed by atoms with Crippen LogP contribution in [-0.2, 0) is 30.8 Å². The molecular weight excluding hydrogens is 494 g/mol. The summed E-state index contributed by atoms with van der Waals surface area (Å²) < 4.78 is 56.2. The smallest absolute Gasteiger partial charge is 0.349 e. The molecule has 0 spiro atoms. The normalized spacial score (nSPS) is 19.4. The number of carbonyl (C=O) groups is 1. The molecule has 2 aliphatic rings. The van der Waals surface area contributed by atoms with Gasteiger partial charge in [0.05, 0.1) is 40.1 Å². The van der Waals surface area contributed by atoms with Crippen molar-refractivity contribution in [2.45, 2.75) is 37.3 Å². The van der Waals surface area contributed by atoms with E-state index in [-0.39, 0.29) is 34.4 Å². The van der Waals surface area contributed by atoms with Gasteiger partial charge in [0.15, 0.2) is 11.5 Å². The monoisotopic (exact) mass is 525 g/mol. The van der Waals surface area contributed by atoms with Crippen LogP contribution in [0.5, 0.6) is 11.5 Å². The van der Waals surface area contributed by atoms with Crippen LogP contribution >= 0.6 is 11.3 Å². The van der Waals surface area contributed by atoms with Crippen molar-refractivity contribution < 1.29 is 36.9 Å². The van der Waals surface area contributed by atoms with E-state index in [1.165, 1.54) is 17.5 Å². The summed E-state index contributed by atoms with van der Waals surface area (Å²) in [5.74, 6) is 0.430. The minimum Gasteiger partial charge on any atom is -0.493 e. The Bertz CT molecular complexity index is 1140. The lowest BCUT2D eigenvalue weighted by atomic mass is 9.90. The fraction of sp³-hybridized carbons (Fsp3) is 0.542. The van der Waals surface area contributed by atoms with E-state index in [4.69, 9.17) is 23.7 Å². The van der Waals surface area contributed by atoms with Crippen molar-refractivity contribution in [3.05, 3.63) is 40.1 Å². The molecule has 2 fully saturated rings. The molecule has 1 unspecified atom stereocenters. The minimum atomic E-state index is -4.01. The van der Waals surface area contributed by atoms with E-state index in [9.17, 15) is 13.2 Å². The molecule has 4 rings (SSSR count). The lowest BCUT2D eigenvalue weighted by Crippen LogP contribution is -2.44. The van der Waals surface area contributed by atoms with Gasteiger partial charge in [-0.05, 0) is 42.0 Å². The molecule has 192 valence electrons. The third-order valence-electron chi connectivity index (χ3n) is 6.11. The van der Waals surface area contributed by atoms with Gasteiger partial charge in [-0.3, -0.25) is 0 Å². The zero-order valence-electron chi connectivity index (χ0n) is 20.2. The molecule has 2 saturated heterocycles. The number of methoxy groups -OCH3 is 2. The van der Waals surface area contributed by atoms with Crippen LogP contribution in [0.15, 0.2) is 34.5 Å². The van der Waals surface area contributed by atoms with Gasteiger partial charge in [-0.15, -0.1) is 11.3 Å². The van der Waals surface area contributed by atoms with Crippen LogP contribution in [0.2, 0.25) is 0 Å². The van der Waals surface area contributed by atoms with Gasteiger partial charge in [-0.25, -0.2) is 13.2 Å². The van der Waals surface area contributed by atoms with Crippen LogP contribution in [-0.4, -0.2) is 72.0 Å². The topological polar surface area (TPSA) is 101 Å². The molecular formula is C24H31NO8S2. The number of esters is 1. The number of sulfonamides is 1. The third kappa shape index (κ3) is 5.80. The number of ether oxygens (including phenoxy) is 5. The molecule has 0 amide bonds. The summed E-state index contributed by atoms with van der Waals surface area (Å²) in [6, 6.07) is 6.83. The van der Waals surface area contributed by atoms with Gasteiger partial charge in [-0.1, -0.05) is 13.0 Å². The summed E-state index contributed by atoms with van der Waals surface area (Å²) in [6.45, 7) is 4.67. The highest BCUT2D eigenvalue weighted by molar-refractivity contribution is 7.89. The van der Waals surface area contributed by atoms with Crippen LogP contribution in [0.3, 0.4) is 0 Å². The quantitative estimate of drug-likeness (QED) is 0.412. The summed E-state index contributed by atoms with van der Waals surface area (Å²) in [6.07, 6.45) is 1.45. The first-order chi connectivity index (χ1) is 16.8. The first-order valence-corrected chi connectivity index (χ1v) is 13.7.